The Morgan fingerprint density at radius 3 is 1.60 bits per heavy atom. The van der Waals surface area contributed by atoms with Crippen molar-refractivity contribution in [1.29, 1.82) is 0 Å². The number of aliphatic hydroxyl groups excluding tert-OH is 1. The Kier molecular flexibility index (Phi) is 20.5. The number of hydrogen-bond acceptors (Lipinski definition) is 4. The first-order chi connectivity index (χ1) is 11.4. The van der Waals surface area contributed by atoms with Crippen molar-refractivity contribution >= 4 is 10.1 Å². The minimum absolute atomic E-state index is 0. The van der Waals surface area contributed by atoms with E-state index < -0.39 is 21.5 Å². The molecule has 0 aliphatic carbocycles. The fraction of sp³-hybridized carbons (Fsp3) is 1.00. The smallest absolute Gasteiger partial charge is 0.748 e. The molecule has 0 aliphatic rings. The van der Waals surface area contributed by atoms with E-state index in [1.165, 1.54) is 57.8 Å². The van der Waals surface area contributed by atoms with Crippen LogP contribution in [0.2, 0.25) is 0 Å². The maximum Gasteiger partial charge on any atom is 1.00 e. The summed E-state index contributed by atoms with van der Waals surface area (Å²) in [6.45, 7) is 4.09. The zero-order chi connectivity index (χ0) is 18.3. The molecule has 0 rings (SSSR count). The van der Waals surface area contributed by atoms with Gasteiger partial charge in [-0.1, -0.05) is 90.9 Å². The molecule has 0 radical (unpaired) electrons. The summed E-state index contributed by atoms with van der Waals surface area (Å²) in [6.07, 6.45) is 14.8. The standard InChI is InChI=1S/C19H40O4S.Na/c1-3-5-6-7-8-9-10-11-12-13-14-16-18(20)17-19(15-4-2)24(21,22)23;/h18-20H,3-17H2,1-2H3,(H,21,22,23);/q;+1/p-1. The number of hydrogen-bond donors (Lipinski definition) is 1. The minimum Gasteiger partial charge on any atom is -0.748 e. The average Bonchev–Trinajstić information content (AvgIpc) is 2.51. The van der Waals surface area contributed by atoms with Crippen molar-refractivity contribution in [2.75, 3.05) is 0 Å². The zero-order valence-corrected chi connectivity index (χ0v) is 19.7. The van der Waals surface area contributed by atoms with Crippen LogP contribution in [0.1, 0.15) is 110 Å². The van der Waals surface area contributed by atoms with Crippen LogP contribution < -0.4 is 29.6 Å². The van der Waals surface area contributed by atoms with Crippen LogP contribution in [0.25, 0.3) is 0 Å². The fourth-order valence-corrected chi connectivity index (χ4v) is 4.15. The second kappa shape index (κ2) is 18.2. The molecule has 2 atom stereocenters. The van der Waals surface area contributed by atoms with Gasteiger partial charge in [0.2, 0.25) is 0 Å². The molecule has 0 amide bonds. The van der Waals surface area contributed by atoms with E-state index in [9.17, 15) is 18.1 Å². The van der Waals surface area contributed by atoms with Gasteiger partial charge in [0, 0.05) is 0 Å². The van der Waals surface area contributed by atoms with E-state index in [-0.39, 0.29) is 36.0 Å². The molecule has 0 saturated carbocycles. The van der Waals surface area contributed by atoms with Gasteiger partial charge < -0.3 is 9.66 Å². The Labute approximate surface area is 178 Å². The molecule has 0 aliphatic heterocycles. The molecule has 0 spiro atoms. The van der Waals surface area contributed by atoms with Crippen LogP contribution in [0.15, 0.2) is 0 Å². The monoisotopic (exact) mass is 386 g/mol. The maximum atomic E-state index is 11.1. The third-order valence-corrected chi connectivity index (χ3v) is 5.94. The predicted molar refractivity (Wildman–Crippen MR) is 100 cm³/mol. The van der Waals surface area contributed by atoms with Crippen LogP contribution in [0.4, 0.5) is 0 Å². The molecule has 146 valence electrons. The number of unbranched alkanes of at least 4 members (excludes halogenated alkanes) is 10. The quantitative estimate of drug-likeness (QED) is 0.236. The molecule has 0 aromatic rings. The number of rotatable bonds is 17. The van der Waals surface area contributed by atoms with Crippen molar-refractivity contribution in [3.05, 3.63) is 0 Å². The van der Waals surface area contributed by atoms with Gasteiger partial charge in [0.15, 0.2) is 0 Å². The molecule has 0 heterocycles. The Morgan fingerprint density at radius 2 is 1.20 bits per heavy atom. The van der Waals surface area contributed by atoms with Crippen LogP contribution in [0.3, 0.4) is 0 Å². The van der Waals surface area contributed by atoms with Gasteiger partial charge in [-0.3, -0.25) is 0 Å². The van der Waals surface area contributed by atoms with Crippen molar-refractivity contribution < 1.29 is 47.6 Å². The van der Waals surface area contributed by atoms with Crippen LogP contribution >= 0.6 is 0 Å². The zero-order valence-electron chi connectivity index (χ0n) is 16.8. The topological polar surface area (TPSA) is 77.4 Å². The van der Waals surface area contributed by atoms with Gasteiger partial charge in [-0.2, -0.15) is 0 Å². The van der Waals surface area contributed by atoms with E-state index in [0.717, 1.165) is 12.8 Å². The van der Waals surface area contributed by atoms with Crippen molar-refractivity contribution in [2.45, 2.75) is 122 Å². The van der Waals surface area contributed by atoms with Crippen molar-refractivity contribution in [2.24, 2.45) is 0 Å². The molecule has 0 aromatic heterocycles. The van der Waals surface area contributed by atoms with Crippen molar-refractivity contribution in [3.8, 4) is 0 Å². The molecular formula is C19H39NaO4S. The van der Waals surface area contributed by atoms with Gasteiger partial charge in [0.05, 0.1) is 21.5 Å². The summed E-state index contributed by atoms with van der Waals surface area (Å²) in [6, 6.07) is 0. The molecule has 2 unspecified atom stereocenters. The van der Waals surface area contributed by atoms with E-state index in [1.54, 1.807) is 0 Å². The second-order valence-electron chi connectivity index (χ2n) is 7.12. The van der Waals surface area contributed by atoms with E-state index >= 15 is 0 Å². The summed E-state index contributed by atoms with van der Waals surface area (Å²) < 4.78 is 33.4. The minimum atomic E-state index is -4.29. The van der Waals surface area contributed by atoms with E-state index in [0.29, 0.717) is 19.3 Å². The third-order valence-electron chi connectivity index (χ3n) is 4.69. The van der Waals surface area contributed by atoms with Crippen LogP contribution in [-0.2, 0) is 10.1 Å². The Morgan fingerprint density at radius 1 is 0.760 bits per heavy atom. The maximum absolute atomic E-state index is 11.1. The molecule has 1 N–H and O–H groups in total. The largest absolute Gasteiger partial charge is 1.00 e. The first-order valence-electron chi connectivity index (χ1n) is 10.0. The van der Waals surface area contributed by atoms with E-state index in [4.69, 9.17) is 0 Å². The van der Waals surface area contributed by atoms with Gasteiger partial charge in [0.25, 0.3) is 0 Å². The summed E-state index contributed by atoms with van der Waals surface area (Å²) in [5, 5.41) is 9.02. The van der Waals surface area contributed by atoms with Crippen molar-refractivity contribution in [3.63, 3.8) is 0 Å². The second-order valence-corrected chi connectivity index (χ2v) is 8.77. The Bertz CT molecular complexity index is 374. The van der Waals surface area contributed by atoms with Crippen molar-refractivity contribution in [1.82, 2.24) is 0 Å². The molecule has 0 bridgehead atoms. The molecule has 6 heteroatoms. The summed E-state index contributed by atoms with van der Waals surface area (Å²) >= 11 is 0. The van der Waals surface area contributed by atoms with Gasteiger partial charge in [-0.15, -0.1) is 0 Å². The van der Waals surface area contributed by atoms with Gasteiger partial charge in [0.1, 0.15) is 0 Å². The summed E-state index contributed by atoms with van der Waals surface area (Å²) in [5.41, 5.74) is 0. The molecular weight excluding hydrogens is 347 g/mol. The predicted octanol–water partition coefficient (Wildman–Crippen LogP) is 2.16. The number of aliphatic hydroxyl groups is 1. The van der Waals surface area contributed by atoms with E-state index in [1.807, 2.05) is 6.92 Å². The normalized spacial score (nSPS) is 14.1. The Balaban J connectivity index is 0. The summed E-state index contributed by atoms with van der Waals surface area (Å²) in [7, 11) is -4.29. The average molecular weight is 387 g/mol. The molecule has 4 nitrogen and oxygen atoms in total. The first kappa shape index (κ1) is 28.1. The van der Waals surface area contributed by atoms with Gasteiger partial charge in [-0.25, -0.2) is 8.42 Å². The molecule has 0 saturated heterocycles. The summed E-state index contributed by atoms with van der Waals surface area (Å²) in [5.74, 6) is 0. The molecule has 0 aromatic carbocycles. The molecule has 25 heavy (non-hydrogen) atoms. The van der Waals surface area contributed by atoms with Crippen LogP contribution in [0, 0.1) is 0 Å². The first-order valence-corrected chi connectivity index (χ1v) is 11.5. The summed E-state index contributed by atoms with van der Waals surface area (Å²) in [4.78, 5) is 0. The Hall–Kier alpha value is 0.870. The van der Waals surface area contributed by atoms with Gasteiger partial charge >= 0.3 is 29.6 Å². The fourth-order valence-electron chi connectivity index (χ4n) is 3.17. The van der Waals surface area contributed by atoms with Crippen LogP contribution in [0.5, 0.6) is 0 Å². The third kappa shape index (κ3) is 18.0. The van der Waals surface area contributed by atoms with Gasteiger partial charge in [-0.05, 0) is 19.3 Å². The molecule has 0 fully saturated rings. The van der Waals surface area contributed by atoms with Crippen LogP contribution in [-0.4, -0.2) is 29.4 Å². The van der Waals surface area contributed by atoms with E-state index in [2.05, 4.69) is 6.92 Å². The SMILES string of the molecule is CCCCCCCCCCCCCC(O)CC(CCC)S(=O)(=O)[O-].[Na+].